The van der Waals surface area contributed by atoms with Crippen molar-refractivity contribution in [3.63, 3.8) is 0 Å². The van der Waals surface area contributed by atoms with E-state index >= 15 is 0 Å². The van der Waals surface area contributed by atoms with Crippen LogP contribution in [-0.4, -0.2) is 42.0 Å². The average molecular weight is 290 g/mol. The van der Waals surface area contributed by atoms with E-state index in [1.165, 1.54) is 12.6 Å². The van der Waals surface area contributed by atoms with Crippen molar-refractivity contribution >= 4 is 21.6 Å². The van der Waals surface area contributed by atoms with Crippen molar-refractivity contribution in [1.29, 1.82) is 0 Å². The van der Waals surface area contributed by atoms with E-state index in [9.17, 15) is 8.42 Å². The standard InChI is InChI=1S/C11H16ClN3O2S/c1-18(16,17)15-4-2-3-9(7-15)5-10-6-11(12)14-8-13-10/h6,8-9H,2-5,7H2,1H3/t9-/m0/s1. The highest BCUT2D eigenvalue weighted by atomic mass is 35.5. The normalized spacial score (nSPS) is 22.0. The minimum Gasteiger partial charge on any atom is -0.241 e. The second kappa shape index (κ2) is 5.50. The van der Waals surface area contributed by atoms with Crippen LogP contribution in [0.3, 0.4) is 0 Å². The van der Waals surface area contributed by atoms with Crippen molar-refractivity contribution in [1.82, 2.24) is 14.3 Å². The summed E-state index contributed by atoms with van der Waals surface area (Å²) in [6.07, 6.45) is 5.37. The number of hydrogen-bond acceptors (Lipinski definition) is 4. The Morgan fingerprint density at radius 3 is 2.94 bits per heavy atom. The predicted octanol–water partition coefficient (Wildman–Crippen LogP) is 1.34. The van der Waals surface area contributed by atoms with Crippen LogP contribution in [0.5, 0.6) is 0 Å². The summed E-state index contributed by atoms with van der Waals surface area (Å²) in [6.45, 7) is 1.19. The SMILES string of the molecule is CS(=O)(=O)N1CCC[C@@H](Cc2cc(Cl)ncn2)C1. The molecule has 0 aliphatic carbocycles. The molecular formula is C11H16ClN3O2S. The summed E-state index contributed by atoms with van der Waals surface area (Å²) in [6, 6.07) is 1.74. The van der Waals surface area contributed by atoms with Crippen LogP contribution in [0.1, 0.15) is 18.5 Å². The molecule has 0 unspecified atom stereocenters. The molecule has 1 aliphatic rings. The molecule has 0 saturated carbocycles. The largest absolute Gasteiger partial charge is 0.241 e. The Balaban J connectivity index is 2.02. The average Bonchev–Trinajstić information content (AvgIpc) is 2.28. The van der Waals surface area contributed by atoms with E-state index in [0.29, 0.717) is 24.2 Å². The molecule has 100 valence electrons. The lowest BCUT2D eigenvalue weighted by atomic mass is 9.94. The highest BCUT2D eigenvalue weighted by Crippen LogP contribution is 2.22. The Morgan fingerprint density at radius 1 is 1.50 bits per heavy atom. The Kier molecular flexibility index (Phi) is 4.19. The van der Waals surface area contributed by atoms with Gasteiger partial charge >= 0.3 is 0 Å². The molecule has 1 aliphatic heterocycles. The van der Waals surface area contributed by atoms with Gasteiger partial charge in [-0.15, -0.1) is 0 Å². The van der Waals surface area contributed by atoms with Crippen molar-refractivity contribution in [2.75, 3.05) is 19.3 Å². The number of sulfonamides is 1. The lowest BCUT2D eigenvalue weighted by Gasteiger charge is -2.30. The van der Waals surface area contributed by atoms with Gasteiger partial charge in [0.05, 0.1) is 6.26 Å². The van der Waals surface area contributed by atoms with Crippen LogP contribution in [0, 0.1) is 5.92 Å². The van der Waals surface area contributed by atoms with E-state index < -0.39 is 10.0 Å². The van der Waals surface area contributed by atoms with Crippen molar-refractivity contribution in [2.45, 2.75) is 19.3 Å². The van der Waals surface area contributed by atoms with Gasteiger partial charge in [0.1, 0.15) is 11.5 Å². The highest BCUT2D eigenvalue weighted by Gasteiger charge is 2.26. The Bertz CT molecular complexity index is 521. The zero-order chi connectivity index (χ0) is 13.2. The first-order valence-electron chi connectivity index (χ1n) is 5.86. The van der Waals surface area contributed by atoms with E-state index in [0.717, 1.165) is 25.0 Å². The molecule has 2 rings (SSSR count). The second-order valence-corrected chi connectivity index (χ2v) is 7.04. The zero-order valence-electron chi connectivity index (χ0n) is 10.2. The van der Waals surface area contributed by atoms with Crippen LogP contribution in [-0.2, 0) is 16.4 Å². The first kappa shape index (κ1) is 13.7. The highest BCUT2D eigenvalue weighted by molar-refractivity contribution is 7.88. The van der Waals surface area contributed by atoms with Gasteiger partial charge in [0, 0.05) is 18.8 Å². The maximum absolute atomic E-state index is 11.5. The topological polar surface area (TPSA) is 63.2 Å². The summed E-state index contributed by atoms with van der Waals surface area (Å²) in [5.74, 6) is 0.305. The van der Waals surface area contributed by atoms with Crippen LogP contribution in [0.2, 0.25) is 5.15 Å². The van der Waals surface area contributed by atoms with Gasteiger partial charge in [-0.05, 0) is 31.2 Å². The fourth-order valence-corrected chi connectivity index (χ4v) is 3.38. The van der Waals surface area contributed by atoms with Gasteiger partial charge in [-0.2, -0.15) is 0 Å². The molecule has 1 aromatic rings. The first-order valence-corrected chi connectivity index (χ1v) is 8.09. The summed E-state index contributed by atoms with van der Waals surface area (Å²) in [4.78, 5) is 7.99. The fourth-order valence-electron chi connectivity index (χ4n) is 2.27. The lowest BCUT2D eigenvalue weighted by Crippen LogP contribution is -2.39. The number of nitrogens with zero attached hydrogens (tertiary/aromatic N) is 3. The third-order valence-corrected chi connectivity index (χ3v) is 4.62. The van der Waals surface area contributed by atoms with Crippen molar-refractivity contribution in [3.05, 3.63) is 23.2 Å². The minimum absolute atomic E-state index is 0.305. The summed E-state index contributed by atoms with van der Waals surface area (Å²) in [5, 5.41) is 0.427. The monoisotopic (exact) mass is 289 g/mol. The van der Waals surface area contributed by atoms with Crippen LogP contribution >= 0.6 is 11.6 Å². The maximum Gasteiger partial charge on any atom is 0.211 e. The molecule has 7 heteroatoms. The number of aromatic nitrogens is 2. The number of rotatable bonds is 3. The molecule has 1 aromatic heterocycles. The maximum atomic E-state index is 11.5. The molecule has 1 fully saturated rings. The van der Waals surface area contributed by atoms with Gasteiger partial charge in [-0.1, -0.05) is 11.6 Å². The van der Waals surface area contributed by atoms with Gasteiger partial charge < -0.3 is 0 Å². The molecule has 0 spiro atoms. The fraction of sp³-hybridized carbons (Fsp3) is 0.636. The number of hydrogen-bond donors (Lipinski definition) is 0. The van der Waals surface area contributed by atoms with E-state index in [1.807, 2.05) is 0 Å². The Hall–Kier alpha value is -0.720. The molecule has 5 nitrogen and oxygen atoms in total. The molecule has 0 aromatic carbocycles. The zero-order valence-corrected chi connectivity index (χ0v) is 11.8. The predicted molar refractivity (Wildman–Crippen MR) is 69.9 cm³/mol. The molecule has 18 heavy (non-hydrogen) atoms. The quantitative estimate of drug-likeness (QED) is 0.788. The van der Waals surface area contributed by atoms with E-state index in [2.05, 4.69) is 9.97 Å². The van der Waals surface area contributed by atoms with Crippen LogP contribution in [0.25, 0.3) is 0 Å². The molecule has 0 amide bonds. The smallest absolute Gasteiger partial charge is 0.211 e. The van der Waals surface area contributed by atoms with E-state index in [4.69, 9.17) is 11.6 Å². The van der Waals surface area contributed by atoms with Crippen LogP contribution in [0.4, 0.5) is 0 Å². The van der Waals surface area contributed by atoms with Crippen molar-refractivity contribution in [2.24, 2.45) is 5.92 Å². The number of halogens is 1. The first-order chi connectivity index (χ1) is 8.45. The van der Waals surface area contributed by atoms with Gasteiger partial charge in [0.2, 0.25) is 10.0 Å². The summed E-state index contributed by atoms with van der Waals surface area (Å²) in [5.41, 5.74) is 0.871. The Morgan fingerprint density at radius 2 is 2.28 bits per heavy atom. The van der Waals surface area contributed by atoms with E-state index in [1.54, 1.807) is 10.4 Å². The van der Waals surface area contributed by atoms with Crippen LogP contribution < -0.4 is 0 Å². The molecule has 1 atom stereocenters. The molecule has 0 radical (unpaired) electrons. The third-order valence-electron chi connectivity index (χ3n) is 3.14. The second-order valence-electron chi connectivity index (χ2n) is 4.67. The molecular weight excluding hydrogens is 274 g/mol. The summed E-state index contributed by atoms with van der Waals surface area (Å²) >= 11 is 5.81. The number of piperidine rings is 1. The molecule has 0 N–H and O–H groups in total. The third kappa shape index (κ3) is 3.63. The van der Waals surface area contributed by atoms with Gasteiger partial charge in [-0.25, -0.2) is 22.7 Å². The van der Waals surface area contributed by atoms with Gasteiger partial charge in [0.15, 0.2) is 0 Å². The molecule has 1 saturated heterocycles. The molecule has 2 heterocycles. The summed E-state index contributed by atoms with van der Waals surface area (Å²) < 4.78 is 24.6. The Labute approximate surface area is 112 Å². The van der Waals surface area contributed by atoms with Crippen molar-refractivity contribution in [3.8, 4) is 0 Å². The van der Waals surface area contributed by atoms with Gasteiger partial charge in [-0.3, -0.25) is 0 Å². The van der Waals surface area contributed by atoms with Crippen LogP contribution in [0.15, 0.2) is 12.4 Å². The van der Waals surface area contributed by atoms with Crippen molar-refractivity contribution < 1.29 is 8.42 Å². The summed E-state index contributed by atoms with van der Waals surface area (Å²) in [7, 11) is -3.08. The minimum atomic E-state index is -3.08. The van der Waals surface area contributed by atoms with E-state index in [-0.39, 0.29) is 0 Å². The lowest BCUT2D eigenvalue weighted by molar-refractivity contribution is 0.265. The van der Waals surface area contributed by atoms with Gasteiger partial charge in [0.25, 0.3) is 0 Å². The molecule has 0 bridgehead atoms.